The molecule has 0 radical (unpaired) electrons. The third-order valence-corrected chi connectivity index (χ3v) is 9.17. The molecule has 2 heterocycles. The second kappa shape index (κ2) is 20.0. The van der Waals surface area contributed by atoms with Gasteiger partial charge in [0.15, 0.2) is 0 Å². The lowest BCUT2D eigenvalue weighted by Gasteiger charge is -2.31. The number of pyridine rings is 2. The van der Waals surface area contributed by atoms with Crippen molar-refractivity contribution >= 4 is 88.2 Å². The second-order valence-corrected chi connectivity index (χ2v) is 12.9. The Hall–Kier alpha value is -4.39. The molecule has 2 aromatic heterocycles. The molecule has 3 aromatic carbocycles. The molecular weight excluding hydrogens is 917 g/mol. The zero-order valence-corrected chi connectivity index (χ0v) is 34.3. The summed E-state index contributed by atoms with van der Waals surface area (Å²) in [4.78, 5) is 52.1. The maximum atomic E-state index is 11.6. The number of quaternary nitrogens is 1. The summed E-state index contributed by atoms with van der Waals surface area (Å²) in [5.74, 6) is -1.25. The molecule has 0 spiro atoms. The lowest BCUT2D eigenvalue weighted by atomic mass is 10.0. The Morgan fingerprint density at radius 3 is 1.79 bits per heavy atom. The van der Waals surface area contributed by atoms with Crippen molar-refractivity contribution in [2.75, 3.05) is 34.4 Å². The number of nitro groups is 2. The van der Waals surface area contributed by atoms with Gasteiger partial charge in [-0.15, -0.1) is 0 Å². The Kier molecular flexibility index (Phi) is 16.8. The molecule has 0 N–H and O–H groups in total. The van der Waals surface area contributed by atoms with Crippen LogP contribution in [-0.4, -0.2) is 66.1 Å². The predicted octanol–water partition coefficient (Wildman–Crippen LogP) is 5.38. The quantitative estimate of drug-likeness (QED) is 0.0468. The number of halogens is 3. The monoisotopic (exact) mass is 951 g/mol. The van der Waals surface area contributed by atoms with Gasteiger partial charge in [0.2, 0.25) is 0 Å². The third-order valence-electron chi connectivity index (χ3n) is 8.18. The number of hydrogen-bond donors (Lipinski definition) is 0. The smallest absolute Gasteiger partial charge is 0.338 e. The molecule has 52 heavy (non-hydrogen) atoms. The van der Waals surface area contributed by atoms with Crippen LogP contribution in [0.15, 0.2) is 94.6 Å². The van der Waals surface area contributed by atoms with E-state index in [1.165, 1.54) is 19.9 Å². The normalized spacial score (nSPS) is 10.4. The van der Waals surface area contributed by atoms with Gasteiger partial charge in [-0.25, -0.2) is 14.8 Å². The van der Waals surface area contributed by atoms with E-state index in [0.717, 1.165) is 34.4 Å². The number of ether oxygens (including phenoxy) is 2. The summed E-state index contributed by atoms with van der Waals surface area (Å²) >= 11 is 6.59. The Balaban J connectivity index is 0.000000276. The third kappa shape index (κ3) is 10.8. The molecule has 0 unspecified atom stereocenters. The molecule has 274 valence electrons. The molecule has 0 saturated carbocycles. The van der Waals surface area contributed by atoms with Gasteiger partial charge in [-0.2, -0.15) is 0 Å². The number of carbonyl (C=O) groups excluding carboxylic acids is 2. The summed E-state index contributed by atoms with van der Waals surface area (Å²) < 4.78 is 11.7. The fourth-order valence-electron chi connectivity index (χ4n) is 4.98. The van der Waals surface area contributed by atoms with Gasteiger partial charge in [-0.05, 0) is 62.4 Å². The van der Waals surface area contributed by atoms with Crippen LogP contribution in [0.1, 0.15) is 25.0 Å². The average Bonchev–Trinajstić information content (AvgIpc) is 3.14. The molecule has 0 amide bonds. The zero-order chi connectivity index (χ0) is 37.9. The van der Waals surface area contributed by atoms with E-state index in [9.17, 15) is 29.8 Å². The van der Waals surface area contributed by atoms with Crippen molar-refractivity contribution in [2.24, 2.45) is 0 Å². The number of fused-ring (bicyclic) bond motifs is 2. The van der Waals surface area contributed by atoms with E-state index in [1.807, 2.05) is 0 Å². The van der Waals surface area contributed by atoms with E-state index >= 15 is 0 Å². The number of hydrogen-bond acceptors (Lipinski definition) is 10. The Labute approximate surface area is 334 Å². The summed E-state index contributed by atoms with van der Waals surface area (Å²) in [6, 6.07) is 21.0. The number of esters is 2. The molecule has 0 aliphatic rings. The van der Waals surface area contributed by atoms with Gasteiger partial charge in [0, 0.05) is 19.7 Å². The van der Waals surface area contributed by atoms with Gasteiger partial charge < -0.3 is 33.5 Å². The Morgan fingerprint density at radius 1 is 0.808 bits per heavy atom. The Morgan fingerprint density at radius 2 is 1.31 bits per heavy atom. The number of para-hydroxylation sites is 1. The highest BCUT2D eigenvalue weighted by Gasteiger charge is 2.25. The zero-order valence-electron chi connectivity index (χ0n) is 29.0. The van der Waals surface area contributed by atoms with Crippen molar-refractivity contribution in [1.82, 2.24) is 14.5 Å². The van der Waals surface area contributed by atoms with Gasteiger partial charge in [-0.3, -0.25) is 29.5 Å². The number of nitrogens with zero attached hydrogens (tertiary/aromatic N) is 5. The molecule has 0 aliphatic heterocycles. The fraction of sp³-hybridized carbons (Fsp3) is 0.222. The number of rotatable bonds is 9. The van der Waals surface area contributed by atoms with E-state index in [4.69, 9.17) is 0 Å². The first-order valence-electron chi connectivity index (χ1n) is 15.4. The van der Waals surface area contributed by atoms with E-state index in [1.54, 1.807) is 36.4 Å². The van der Waals surface area contributed by atoms with Crippen molar-refractivity contribution in [1.29, 1.82) is 0 Å². The van der Waals surface area contributed by atoms with Gasteiger partial charge >= 0.3 is 11.9 Å². The molecule has 0 saturated heterocycles. The minimum atomic E-state index is -0.722. The lowest BCUT2D eigenvalue weighted by molar-refractivity contribution is -0.385. The largest absolute Gasteiger partial charge is 1.00 e. The molecular formula is C36H36Br2IN5O8. The van der Waals surface area contributed by atoms with Crippen LogP contribution in [0, 0.1) is 20.2 Å². The van der Waals surface area contributed by atoms with Crippen LogP contribution in [0.3, 0.4) is 0 Å². The summed E-state index contributed by atoms with van der Waals surface area (Å²) in [5, 5.41) is 23.2. The van der Waals surface area contributed by atoms with Gasteiger partial charge in [0.05, 0.1) is 78.4 Å². The van der Waals surface area contributed by atoms with Crippen LogP contribution in [0.4, 0.5) is 17.1 Å². The average molecular weight is 953 g/mol. The highest BCUT2D eigenvalue weighted by Crippen LogP contribution is 2.34. The molecule has 16 heteroatoms. The molecule has 13 nitrogen and oxygen atoms in total. The molecule has 0 atom stereocenters. The van der Waals surface area contributed by atoms with Crippen LogP contribution in [0.5, 0.6) is 0 Å². The first kappa shape index (κ1) is 43.8. The van der Waals surface area contributed by atoms with Crippen LogP contribution < -0.4 is 28.5 Å². The van der Waals surface area contributed by atoms with Crippen molar-refractivity contribution in [3.05, 3.63) is 126 Å². The molecule has 0 bridgehead atoms. The molecule has 0 fully saturated rings. The first-order chi connectivity index (χ1) is 24.2. The van der Waals surface area contributed by atoms with Crippen molar-refractivity contribution < 1.29 is 52.9 Å². The Bertz CT molecular complexity index is 2100. The van der Waals surface area contributed by atoms with Crippen LogP contribution in [0.2, 0.25) is 0 Å². The van der Waals surface area contributed by atoms with Crippen molar-refractivity contribution in [3.63, 3.8) is 0 Å². The maximum Gasteiger partial charge on any atom is 0.338 e. The summed E-state index contributed by atoms with van der Waals surface area (Å²) in [6.45, 7) is 10.4. The lowest BCUT2D eigenvalue weighted by Crippen LogP contribution is -3.00. The molecule has 5 rings (SSSR count). The highest BCUT2D eigenvalue weighted by atomic mass is 127. The van der Waals surface area contributed by atoms with E-state index in [2.05, 4.69) is 109 Å². The SMILES string of the molecule is C=C(C(=O)OC)c1c([N+](=O)[O-])cnc2ccc(Br)cc12.CC[N+](C)(CC)c1ccccc1.COC(=O)Cc1c([N+](=O)[O-])cnc2ccc(Br)cc12.[I-]. The van der Waals surface area contributed by atoms with Gasteiger partial charge in [0.25, 0.3) is 11.4 Å². The van der Waals surface area contributed by atoms with Gasteiger partial charge in [0.1, 0.15) is 18.1 Å². The summed E-state index contributed by atoms with van der Waals surface area (Å²) in [5.41, 5.74) is 2.40. The second-order valence-electron chi connectivity index (χ2n) is 11.1. The summed E-state index contributed by atoms with van der Waals surface area (Å²) in [7, 11) is 4.71. The molecule has 0 aliphatic carbocycles. The van der Waals surface area contributed by atoms with E-state index in [-0.39, 0.29) is 52.9 Å². The predicted molar refractivity (Wildman–Crippen MR) is 204 cm³/mol. The maximum absolute atomic E-state index is 11.6. The first-order valence-corrected chi connectivity index (χ1v) is 17.0. The number of benzene rings is 3. The standard InChI is InChI=1S/C13H9BrN2O4.C12H9BrN2O4.C11H18N.HI/c1-7(13(17)20-2)12-9-5-8(14)3-4-10(9)15-6-11(12)16(18)19;1-19-12(16)5-9-8-4-7(13)2-3-10(8)14-6-11(9)15(17)18;1-4-12(3,5-2)11-9-7-6-8-10-11;/h3-6H,1H2,2H3;2-4,6H,5H2,1H3;6-10H,4-5H2,1-3H3;1H/q;;+1;/p-1. The van der Waals surface area contributed by atoms with Crippen molar-refractivity contribution in [3.8, 4) is 0 Å². The number of methoxy groups -OCH3 is 2. The fourth-order valence-corrected chi connectivity index (χ4v) is 5.70. The number of carbonyl (C=O) groups is 2. The van der Waals surface area contributed by atoms with Gasteiger partial charge in [-0.1, -0.05) is 56.6 Å². The van der Waals surface area contributed by atoms with Crippen LogP contribution >= 0.6 is 31.9 Å². The van der Waals surface area contributed by atoms with Crippen LogP contribution in [-0.2, 0) is 25.5 Å². The van der Waals surface area contributed by atoms with Crippen molar-refractivity contribution in [2.45, 2.75) is 20.3 Å². The topological polar surface area (TPSA) is 165 Å². The minimum absolute atomic E-state index is 0. The van der Waals surface area contributed by atoms with E-state index in [0.29, 0.717) is 31.8 Å². The van der Waals surface area contributed by atoms with Crippen LogP contribution in [0.25, 0.3) is 27.4 Å². The minimum Gasteiger partial charge on any atom is -1.00 e. The highest BCUT2D eigenvalue weighted by molar-refractivity contribution is 9.10. The number of aromatic nitrogens is 2. The molecule has 5 aromatic rings. The van der Waals surface area contributed by atoms with E-state index < -0.39 is 21.8 Å². The summed E-state index contributed by atoms with van der Waals surface area (Å²) in [6.07, 6.45) is 2.11.